The SMILES string of the molecule is COC(C)CC(O)Cc1cc(F)ccc1C. The van der Waals surface area contributed by atoms with Gasteiger partial charge in [0.25, 0.3) is 0 Å². The van der Waals surface area contributed by atoms with Gasteiger partial charge in [-0.1, -0.05) is 6.07 Å². The molecule has 0 fully saturated rings. The Morgan fingerprint density at radius 1 is 1.44 bits per heavy atom. The molecule has 0 bridgehead atoms. The Labute approximate surface area is 96.1 Å². The largest absolute Gasteiger partial charge is 0.393 e. The summed E-state index contributed by atoms with van der Waals surface area (Å²) in [6, 6.07) is 4.65. The van der Waals surface area contributed by atoms with Crippen molar-refractivity contribution < 1.29 is 14.2 Å². The highest BCUT2D eigenvalue weighted by molar-refractivity contribution is 5.27. The first-order valence-corrected chi connectivity index (χ1v) is 5.48. The third kappa shape index (κ3) is 3.91. The maximum absolute atomic E-state index is 13.0. The quantitative estimate of drug-likeness (QED) is 0.835. The number of benzene rings is 1. The normalized spacial score (nSPS) is 14.8. The Hall–Kier alpha value is -0.930. The molecular weight excluding hydrogens is 207 g/mol. The Balaban J connectivity index is 2.61. The molecule has 16 heavy (non-hydrogen) atoms. The monoisotopic (exact) mass is 226 g/mol. The van der Waals surface area contributed by atoms with Crippen molar-refractivity contribution in [3.63, 3.8) is 0 Å². The van der Waals surface area contributed by atoms with Crippen LogP contribution in [0, 0.1) is 12.7 Å². The number of ether oxygens (including phenoxy) is 1. The number of rotatable bonds is 5. The molecule has 0 saturated heterocycles. The molecule has 0 saturated carbocycles. The van der Waals surface area contributed by atoms with E-state index in [2.05, 4.69) is 0 Å². The minimum absolute atomic E-state index is 0.0175. The van der Waals surface area contributed by atoms with E-state index in [9.17, 15) is 9.50 Å². The smallest absolute Gasteiger partial charge is 0.123 e. The summed E-state index contributed by atoms with van der Waals surface area (Å²) in [5.41, 5.74) is 1.86. The van der Waals surface area contributed by atoms with Gasteiger partial charge in [0.05, 0.1) is 12.2 Å². The van der Waals surface area contributed by atoms with Crippen LogP contribution in [0.15, 0.2) is 18.2 Å². The van der Waals surface area contributed by atoms with E-state index < -0.39 is 6.10 Å². The molecule has 2 nitrogen and oxygen atoms in total. The Bertz CT molecular complexity index is 339. The lowest BCUT2D eigenvalue weighted by molar-refractivity contribution is 0.0565. The fourth-order valence-corrected chi connectivity index (χ4v) is 1.68. The first-order chi connectivity index (χ1) is 7.52. The van der Waals surface area contributed by atoms with Gasteiger partial charge in [-0.05, 0) is 49.9 Å². The molecule has 1 rings (SSSR count). The molecule has 0 radical (unpaired) electrons. The van der Waals surface area contributed by atoms with Crippen molar-refractivity contribution in [1.82, 2.24) is 0 Å². The second kappa shape index (κ2) is 5.97. The van der Waals surface area contributed by atoms with Crippen LogP contribution in [0.4, 0.5) is 4.39 Å². The average Bonchev–Trinajstić information content (AvgIpc) is 2.23. The predicted molar refractivity (Wildman–Crippen MR) is 61.9 cm³/mol. The van der Waals surface area contributed by atoms with E-state index in [-0.39, 0.29) is 11.9 Å². The lowest BCUT2D eigenvalue weighted by Gasteiger charge is -2.16. The molecule has 2 unspecified atom stereocenters. The van der Waals surface area contributed by atoms with Gasteiger partial charge in [-0.25, -0.2) is 4.39 Å². The van der Waals surface area contributed by atoms with Crippen molar-refractivity contribution in [2.45, 2.75) is 38.9 Å². The summed E-state index contributed by atoms with van der Waals surface area (Å²) in [6.07, 6.45) is 0.559. The third-order valence-electron chi connectivity index (χ3n) is 2.77. The van der Waals surface area contributed by atoms with Crippen molar-refractivity contribution in [2.75, 3.05) is 7.11 Å². The van der Waals surface area contributed by atoms with Crippen LogP contribution in [0.3, 0.4) is 0 Å². The number of hydrogen-bond acceptors (Lipinski definition) is 2. The molecule has 90 valence electrons. The number of methoxy groups -OCH3 is 1. The highest BCUT2D eigenvalue weighted by Crippen LogP contribution is 2.14. The van der Waals surface area contributed by atoms with E-state index >= 15 is 0 Å². The maximum Gasteiger partial charge on any atom is 0.123 e. The van der Waals surface area contributed by atoms with Crippen LogP contribution in [-0.4, -0.2) is 24.4 Å². The van der Waals surface area contributed by atoms with Crippen LogP contribution < -0.4 is 0 Å². The molecular formula is C13H19FO2. The molecule has 1 N–H and O–H groups in total. The van der Waals surface area contributed by atoms with E-state index in [1.165, 1.54) is 12.1 Å². The molecule has 1 aromatic carbocycles. The molecule has 0 aliphatic carbocycles. The lowest BCUT2D eigenvalue weighted by Crippen LogP contribution is -2.19. The van der Waals surface area contributed by atoms with E-state index in [0.717, 1.165) is 11.1 Å². The fourth-order valence-electron chi connectivity index (χ4n) is 1.68. The second-order valence-electron chi connectivity index (χ2n) is 4.21. The molecule has 2 atom stereocenters. The zero-order valence-corrected chi connectivity index (χ0v) is 10.0. The van der Waals surface area contributed by atoms with Gasteiger partial charge >= 0.3 is 0 Å². The molecule has 0 spiro atoms. The standard InChI is InChI=1S/C13H19FO2/c1-9-4-5-12(14)7-11(9)8-13(15)6-10(2)16-3/h4-5,7,10,13,15H,6,8H2,1-3H3. The van der Waals surface area contributed by atoms with Crippen LogP contribution in [0.25, 0.3) is 0 Å². The summed E-state index contributed by atoms with van der Waals surface area (Å²) in [4.78, 5) is 0. The van der Waals surface area contributed by atoms with Crippen LogP contribution in [0.5, 0.6) is 0 Å². The summed E-state index contributed by atoms with van der Waals surface area (Å²) in [5, 5.41) is 9.82. The molecule has 1 aromatic rings. The summed E-state index contributed by atoms with van der Waals surface area (Å²) in [6.45, 7) is 3.82. The number of aliphatic hydroxyl groups is 1. The van der Waals surface area contributed by atoms with Crippen LogP contribution in [0.2, 0.25) is 0 Å². The van der Waals surface area contributed by atoms with Gasteiger partial charge in [0, 0.05) is 7.11 Å². The van der Waals surface area contributed by atoms with Crippen molar-refractivity contribution in [2.24, 2.45) is 0 Å². The van der Waals surface area contributed by atoms with Gasteiger partial charge in [0.2, 0.25) is 0 Å². The Morgan fingerprint density at radius 3 is 2.75 bits per heavy atom. The topological polar surface area (TPSA) is 29.5 Å². The van der Waals surface area contributed by atoms with E-state index in [0.29, 0.717) is 12.8 Å². The number of halogens is 1. The second-order valence-corrected chi connectivity index (χ2v) is 4.21. The van der Waals surface area contributed by atoms with Crippen molar-refractivity contribution in [1.29, 1.82) is 0 Å². The Kier molecular flexibility index (Phi) is 4.90. The van der Waals surface area contributed by atoms with Gasteiger partial charge in [-0.15, -0.1) is 0 Å². The van der Waals surface area contributed by atoms with Crippen LogP contribution in [-0.2, 0) is 11.2 Å². The highest BCUT2D eigenvalue weighted by Gasteiger charge is 2.12. The average molecular weight is 226 g/mol. The van der Waals surface area contributed by atoms with Gasteiger partial charge < -0.3 is 9.84 Å². The van der Waals surface area contributed by atoms with Gasteiger partial charge in [0.15, 0.2) is 0 Å². The van der Waals surface area contributed by atoms with E-state index in [1.54, 1.807) is 13.2 Å². The van der Waals surface area contributed by atoms with Gasteiger partial charge in [-0.3, -0.25) is 0 Å². The van der Waals surface area contributed by atoms with Crippen molar-refractivity contribution in [3.8, 4) is 0 Å². The molecule has 0 aromatic heterocycles. The van der Waals surface area contributed by atoms with Crippen LogP contribution >= 0.6 is 0 Å². The summed E-state index contributed by atoms with van der Waals surface area (Å²) < 4.78 is 18.1. The van der Waals surface area contributed by atoms with Gasteiger partial charge in [0.1, 0.15) is 5.82 Å². The number of aryl methyl sites for hydroxylation is 1. The van der Waals surface area contributed by atoms with E-state index in [4.69, 9.17) is 4.74 Å². The fraction of sp³-hybridized carbons (Fsp3) is 0.538. The molecule has 0 heterocycles. The van der Waals surface area contributed by atoms with Crippen molar-refractivity contribution in [3.05, 3.63) is 35.1 Å². The highest BCUT2D eigenvalue weighted by atomic mass is 19.1. The summed E-state index contributed by atoms with van der Waals surface area (Å²) in [7, 11) is 1.62. The van der Waals surface area contributed by atoms with Gasteiger partial charge in [-0.2, -0.15) is 0 Å². The maximum atomic E-state index is 13.0. The molecule has 3 heteroatoms. The predicted octanol–water partition coefficient (Wildman–Crippen LogP) is 2.46. The molecule has 0 aliphatic heterocycles. The number of aliphatic hydroxyl groups excluding tert-OH is 1. The first kappa shape index (κ1) is 13.1. The van der Waals surface area contributed by atoms with Crippen LogP contribution in [0.1, 0.15) is 24.5 Å². The zero-order chi connectivity index (χ0) is 12.1. The lowest BCUT2D eigenvalue weighted by atomic mass is 9.99. The summed E-state index contributed by atoms with van der Waals surface area (Å²) >= 11 is 0. The minimum atomic E-state index is -0.490. The van der Waals surface area contributed by atoms with Crippen molar-refractivity contribution >= 4 is 0 Å². The van der Waals surface area contributed by atoms with E-state index in [1.807, 2.05) is 13.8 Å². The summed E-state index contributed by atoms with van der Waals surface area (Å²) in [5.74, 6) is -0.257. The first-order valence-electron chi connectivity index (χ1n) is 5.48. The minimum Gasteiger partial charge on any atom is -0.393 e. The molecule has 0 aliphatic rings. The Morgan fingerprint density at radius 2 is 2.12 bits per heavy atom. The molecule has 0 amide bonds. The zero-order valence-electron chi connectivity index (χ0n) is 10.0. The third-order valence-corrected chi connectivity index (χ3v) is 2.77. The number of hydrogen-bond donors (Lipinski definition) is 1.